The summed E-state index contributed by atoms with van der Waals surface area (Å²) in [4.78, 5) is 24.0. The smallest absolute Gasteiger partial charge is 0.331 e. The summed E-state index contributed by atoms with van der Waals surface area (Å²) in [6, 6.07) is 10.7. The van der Waals surface area contributed by atoms with E-state index in [1.165, 1.54) is 17.4 Å². The summed E-state index contributed by atoms with van der Waals surface area (Å²) >= 11 is 7.27. The molecule has 1 aromatic carbocycles. The lowest BCUT2D eigenvalue weighted by atomic mass is 10.3. The van der Waals surface area contributed by atoms with E-state index in [1.807, 2.05) is 17.5 Å². The van der Waals surface area contributed by atoms with Gasteiger partial charge in [0.2, 0.25) is 0 Å². The zero-order valence-corrected chi connectivity index (χ0v) is 14.3. The van der Waals surface area contributed by atoms with Crippen molar-refractivity contribution in [3.8, 4) is 5.75 Å². The van der Waals surface area contributed by atoms with E-state index in [2.05, 4.69) is 5.32 Å². The van der Waals surface area contributed by atoms with Gasteiger partial charge in [0.05, 0.1) is 6.54 Å². The number of benzene rings is 1. The fraction of sp³-hybridized carbons (Fsp3) is 0.176. The van der Waals surface area contributed by atoms with Crippen LogP contribution < -0.4 is 10.1 Å². The van der Waals surface area contributed by atoms with Crippen molar-refractivity contribution in [2.75, 3.05) is 19.8 Å². The number of ether oxygens (including phenoxy) is 2. The summed E-state index contributed by atoms with van der Waals surface area (Å²) in [7, 11) is 0. The number of esters is 1. The van der Waals surface area contributed by atoms with E-state index in [4.69, 9.17) is 21.1 Å². The van der Waals surface area contributed by atoms with E-state index >= 15 is 0 Å². The minimum atomic E-state index is -0.559. The third-order valence-corrected chi connectivity index (χ3v) is 3.87. The number of amides is 1. The van der Waals surface area contributed by atoms with Gasteiger partial charge >= 0.3 is 5.97 Å². The van der Waals surface area contributed by atoms with E-state index in [0.717, 1.165) is 4.88 Å². The third-order valence-electron chi connectivity index (χ3n) is 2.78. The number of halogens is 1. The quantitative estimate of drug-likeness (QED) is 0.443. The maximum Gasteiger partial charge on any atom is 0.331 e. The number of hydrogen-bond acceptors (Lipinski definition) is 5. The lowest BCUT2D eigenvalue weighted by Gasteiger charge is -2.07. The molecule has 7 heteroatoms. The first-order valence-corrected chi connectivity index (χ1v) is 8.42. The van der Waals surface area contributed by atoms with Crippen LogP contribution in [0.15, 0.2) is 47.9 Å². The fourth-order valence-corrected chi connectivity index (χ4v) is 2.41. The standard InChI is InChI=1S/C17H16ClNO4S/c18-13-3-5-14(6-4-13)22-10-9-19-16(20)12-23-17(21)8-7-15-2-1-11-24-15/h1-8,11H,9-10,12H2,(H,19,20)/b8-7+. The maximum atomic E-state index is 11.6. The largest absolute Gasteiger partial charge is 0.492 e. The molecule has 0 bridgehead atoms. The molecule has 0 unspecified atom stereocenters. The average molecular weight is 366 g/mol. The molecule has 0 aliphatic heterocycles. The number of nitrogens with one attached hydrogen (secondary N) is 1. The van der Waals surface area contributed by atoms with Gasteiger partial charge in [-0.1, -0.05) is 17.7 Å². The SMILES string of the molecule is O=C(COC(=O)/C=C/c1cccs1)NCCOc1ccc(Cl)cc1. The molecule has 0 atom stereocenters. The van der Waals surface area contributed by atoms with Crippen molar-refractivity contribution in [2.24, 2.45) is 0 Å². The number of rotatable bonds is 8. The molecule has 0 spiro atoms. The molecular formula is C17H16ClNO4S. The van der Waals surface area contributed by atoms with Crippen LogP contribution in [-0.2, 0) is 14.3 Å². The molecule has 1 heterocycles. The molecule has 2 rings (SSSR count). The predicted molar refractivity (Wildman–Crippen MR) is 94.3 cm³/mol. The van der Waals surface area contributed by atoms with Crippen LogP contribution in [0, 0.1) is 0 Å². The number of hydrogen-bond donors (Lipinski definition) is 1. The molecule has 2 aromatic rings. The van der Waals surface area contributed by atoms with Crippen LogP contribution in [0.3, 0.4) is 0 Å². The molecule has 0 saturated carbocycles. The molecule has 1 amide bonds. The van der Waals surface area contributed by atoms with Crippen molar-refractivity contribution in [1.29, 1.82) is 0 Å². The zero-order chi connectivity index (χ0) is 17.2. The molecule has 0 radical (unpaired) electrons. The van der Waals surface area contributed by atoms with Crippen LogP contribution in [-0.4, -0.2) is 31.6 Å². The predicted octanol–water partition coefficient (Wildman–Crippen LogP) is 3.15. The summed E-state index contributed by atoms with van der Waals surface area (Å²) in [6.45, 7) is 0.290. The van der Waals surface area contributed by atoms with Crippen molar-refractivity contribution < 1.29 is 19.1 Å². The van der Waals surface area contributed by atoms with Crippen LogP contribution >= 0.6 is 22.9 Å². The van der Waals surface area contributed by atoms with Gasteiger partial charge in [0.25, 0.3) is 5.91 Å². The molecule has 0 saturated heterocycles. The van der Waals surface area contributed by atoms with Gasteiger partial charge in [-0.15, -0.1) is 11.3 Å². The van der Waals surface area contributed by atoms with E-state index in [-0.39, 0.29) is 12.5 Å². The van der Waals surface area contributed by atoms with Crippen LogP contribution in [0.2, 0.25) is 5.02 Å². The Kier molecular flexibility index (Phi) is 7.32. The average Bonchev–Trinajstić information content (AvgIpc) is 3.10. The van der Waals surface area contributed by atoms with E-state index in [9.17, 15) is 9.59 Å². The lowest BCUT2D eigenvalue weighted by Crippen LogP contribution is -2.31. The van der Waals surface area contributed by atoms with Crippen molar-refractivity contribution in [1.82, 2.24) is 5.32 Å². The molecule has 0 fully saturated rings. The van der Waals surface area contributed by atoms with Crippen LogP contribution in [0.1, 0.15) is 4.88 Å². The fourth-order valence-electron chi connectivity index (χ4n) is 1.66. The molecule has 1 N–H and O–H groups in total. The van der Waals surface area contributed by atoms with Crippen molar-refractivity contribution in [3.05, 3.63) is 57.8 Å². The summed E-state index contributed by atoms with van der Waals surface area (Å²) in [5, 5.41) is 5.14. The summed E-state index contributed by atoms with van der Waals surface area (Å²) in [5.41, 5.74) is 0. The third kappa shape index (κ3) is 6.85. The Balaban J connectivity index is 1.57. The van der Waals surface area contributed by atoms with E-state index in [1.54, 1.807) is 30.3 Å². The Morgan fingerprint density at radius 1 is 1.21 bits per heavy atom. The number of carbonyl (C=O) groups excluding carboxylic acids is 2. The Morgan fingerprint density at radius 2 is 2.00 bits per heavy atom. The summed E-state index contributed by atoms with van der Waals surface area (Å²) < 4.78 is 10.3. The van der Waals surface area contributed by atoms with Gasteiger partial charge in [-0.05, 0) is 41.8 Å². The van der Waals surface area contributed by atoms with E-state index < -0.39 is 5.97 Å². The second kappa shape index (κ2) is 9.75. The molecule has 5 nitrogen and oxygen atoms in total. The number of thiophene rings is 1. The van der Waals surface area contributed by atoms with E-state index in [0.29, 0.717) is 23.9 Å². The minimum Gasteiger partial charge on any atom is -0.492 e. The second-order valence-corrected chi connectivity index (χ2v) is 6.02. The second-order valence-electron chi connectivity index (χ2n) is 4.61. The highest BCUT2D eigenvalue weighted by atomic mass is 35.5. The molecule has 126 valence electrons. The molecule has 0 aliphatic rings. The first-order valence-electron chi connectivity index (χ1n) is 7.17. The Hall–Kier alpha value is -2.31. The van der Waals surface area contributed by atoms with Crippen LogP contribution in [0.4, 0.5) is 0 Å². The van der Waals surface area contributed by atoms with Crippen molar-refractivity contribution in [3.63, 3.8) is 0 Å². The minimum absolute atomic E-state index is 0.305. The maximum absolute atomic E-state index is 11.6. The van der Waals surface area contributed by atoms with Gasteiger partial charge in [-0.25, -0.2) is 4.79 Å². The zero-order valence-electron chi connectivity index (χ0n) is 12.7. The Morgan fingerprint density at radius 3 is 2.71 bits per heavy atom. The lowest BCUT2D eigenvalue weighted by molar-refractivity contribution is -0.143. The Labute approximate surface area is 148 Å². The van der Waals surface area contributed by atoms with Crippen molar-refractivity contribution >= 4 is 40.9 Å². The molecule has 1 aromatic heterocycles. The highest BCUT2D eigenvalue weighted by Crippen LogP contribution is 2.15. The van der Waals surface area contributed by atoms with Crippen molar-refractivity contribution in [2.45, 2.75) is 0 Å². The monoisotopic (exact) mass is 365 g/mol. The first-order chi connectivity index (χ1) is 11.6. The van der Waals surface area contributed by atoms with Gasteiger partial charge in [0, 0.05) is 16.0 Å². The van der Waals surface area contributed by atoms with Gasteiger partial charge in [-0.3, -0.25) is 4.79 Å². The van der Waals surface area contributed by atoms with Gasteiger partial charge in [0.1, 0.15) is 12.4 Å². The topological polar surface area (TPSA) is 64.6 Å². The van der Waals surface area contributed by atoms with Gasteiger partial charge < -0.3 is 14.8 Å². The normalized spacial score (nSPS) is 10.5. The van der Waals surface area contributed by atoms with Gasteiger partial charge in [-0.2, -0.15) is 0 Å². The molecule has 0 aliphatic carbocycles. The first kappa shape index (κ1) is 18.0. The summed E-state index contributed by atoms with van der Waals surface area (Å²) in [5.74, 6) is -0.276. The van der Waals surface area contributed by atoms with Crippen LogP contribution in [0.25, 0.3) is 6.08 Å². The molecule has 24 heavy (non-hydrogen) atoms. The number of carbonyl (C=O) groups is 2. The highest BCUT2D eigenvalue weighted by molar-refractivity contribution is 7.10. The summed E-state index contributed by atoms with van der Waals surface area (Å²) in [6.07, 6.45) is 2.94. The van der Waals surface area contributed by atoms with Crippen LogP contribution in [0.5, 0.6) is 5.75 Å². The Bertz CT molecular complexity index is 683. The van der Waals surface area contributed by atoms with Gasteiger partial charge in [0.15, 0.2) is 6.61 Å². The molecular weight excluding hydrogens is 350 g/mol. The highest BCUT2D eigenvalue weighted by Gasteiger charge is 2.04.